The average molecular weight is 257 g/mol. The molecular formula is C13H23NO4. The third-order valence-electron chi connectivity index (χ3n) is 3.21. The molecular weight excluding hydrogens is 234 g/mol. The van der Waals surface area contributed by atoms with Crippen molar-refractivity contribution in [2.45, 2.75) is 58.6 Å². The Kier molecular flexibility index (Phi) is 4.59. The quantitative estimate of drug-likeness (QED) is 0.796. The van der Waals surface area contributed by atoms with Crippen LogP contribution in [0.2, 0.25) is 0 Å². The van der Waals surface area contributed by atoms with Crippen molar-refractivity contribution in [3.63, 3.8) is 0 Å². The molecule has 3 atom stereocenters. The predicted octanol–water partition coefficient (Wildman–Crippen LogP) is 2.40. The number of alkyl carbamates (subject to hydrolysis) is 1. The van der Waals surface area contributed by atoms with Crippen molar-refractivity contribution in [3.05, 3.63) is 0 Å². The van der Waals surface area contributed by atoms with E-state index in [1.54, 1.807) is 0 Å². The van der Waals surface area contributed by atoms with Gasteiger partial charge in [0.05, 0.1) is 5.92 Å². The molecule has 0 aliphatic heterocycles. The van der Waals surface area contributed by atoms with Crippen molar-refractivity contribution in [2.24, 2.45) is 11.8 Å². The van der Waals surface area contributed by atoms with Crippen molar-refractivity contribution < 1.29 is 19.4 Å². The van der Waals surface area contributed by atoms with Crippen LogP contribution in [0.4, 0.5) is 4.79 Å². The van der Waals surface area contributed by atoms with E-state index < -0.39 is 17.7 Å². The van der Waals surface area contributed by atoms with Crippen LogP contribution in [0.15, 0.2) is 0 Å². The standard InChI is InChI=1S/C13H23NO4/c1-8-7-9(5-6-10(8)11(15)16)14-12(17)18-13(2,3)4/h8-10H,5-7H2,1-4H3,(H,14,17)(H,15,16)/t8-,9?,10-/m1/s1. The number of carboxylic acids is 1. The number of amides is 1. The van der Waals surface area contributed by atoms with Crippen molar-refractivity contribution >= 4 is 12.1 Å². The van der Waals surface area contributed by atoms with Gasteiger partial charge < -0.3 is 15.2 Å². The zero-order valence-electron chi connectivity index (χ0n) is 11.5. The molecule has 0 aromatic heterocycles. The monoisotopic (exact) mass is 257 g/mol. The summed E-state index contributed by atoms with van der Waals surface area (Å²) in [6.45, 7) is 7.37. The molecule has 0 aromatic carbocycles. The highest BCUT2D eigenvalue weighted by Crippen LogP contribution is 2.30. The van der Waals surface area contributed by atoms with E-state index >= 15 is 0 Å². The molecule has 1 aliphatic rings. The third-order valence-corrected chi connectivity index (χ3v) is 3.21. The van der Waals surface area contributed by atoms with Crippen LogP contribution in [0.25, 0.3) is 0 Å². The van der Waals surface area contributed by atoms with Crippen LogP contribution >= 0.6 is 0 Å². The summed E-state index contributed by atoms with van der Waals surface area (Å²) in [5, 5.41) is 11.8. The Morgan fingerprint density at radius 3 is 2.33 bits per heavy atom. The second-order valence-electron chi connectivity index (χ2n) is 6.08. The minimum absolute atomic E-state index is 0.0189. The molecule has 0 aromatic rings. The molecule has 18 heavy (non-hydrogen) atoms. The summed E-state index contributed by atoms with van der Waals surface area (Å²) in [7, 11) is 0. The van der Waals surface area contributed by atoms with Crippen LogP contribution in [0.3, 0.4) is 0 Å². The third kappa shape index (κ3) is 4.55. The molecule has 1 amide bonds. The summed E-state index contributed by atoms with van der Waals surface area (Å²) >= 11 is 0. The summed E-state index contributed by atoms with van der Waals surface area (Å²) in [5.74, 6) is -0.948. The lowest BCUT2D eigenvalue weighted by atomic mass is 9.78. The van der Waals surface area contributed by atoms with E-state index in [0.29, 0.717) is 19.3 Å². The Bertz CT molecular complexity index is 321. The van der Waals surface area contributed by atoms with Gasteiger partial charge in [-0.1, -0.05) is 6.92 Å². The van der Waals surface area contributed by atoms with Gasteiger partial charge in [-0.05, 0) is 46.0 Å². The fraction of sp³-hybridized carbons (Fsp3) is 0.846. The van der Waals surface area contributed by atoms with Gasteiger partial charge in [-0.15, -0.1) is 0 Å². The molecule has 0 saturated heterocycles. The van der Waals surface area contributed by atoms with Gasteiger partial charge in [0, 0.05) is 6.04 Å². The van der Waals surface area contributed by atoms with E-state index in [-0.39, 0.29) is 17.9 Å². The first-order valence-electron chi connectivity index (χ1n) is 6.41. The van der Waals surface area contributed by atoms with Gasteiger partial charge in [0.25, 0.3) is 0 Å². The lowest BCUT2D eigenvalue weighted by Crippen LogP contribution is -2.43. The molecule has 1 rings (SSSR count). The van der Waals surface area contributed by atoms with Gasteiger partial charge in [0.1, 0.15) is 5.60 Å². The van der Waals surface area contributed by atoms with E-state index in [1.807, 2.05) is 27.7 Å². The summed E-state index contributed by atoms with van der Waals surface area (Å²) in [6.07, 6.45) is 1.57. The molecule has 0 bridgehead atoms. The summed E-state index contributed by atoms with van der Waals surface area (Å²) in [6, 6.07) is 0.0189. The maximum atomic E-state index is 11.6. The summed E-state index contributed by atoms with van der Waals surface area (Å²) in [4.78, 5) is 22.6. The van der Waals surface area contributed by atoms with Crippen molar-refractivity contribution in [1.29, 1.82) is 0 Å². The number of carbonyl (C=O) groups excluding carboxylic acids is 1. The van der Waals surface area contributed by atoms with Gasteiger partial charge >= 0.3 is 12.1 Å². The molecule has 104 valence electrons. The summed E-state index contributed by atoms with van der Waals surface area (Å²) in [5.41, 5.74) is -0.506. The second-order valence-corrected chi connectivity index (χ2v) is 6.08. The molecule has 2 N–H and O–H groups in total. The Morgan fingerprint density at radius 1 is 1.28 bits per heavy atom. The van der Waals surface area contributed by atoms with Crippen LogP contribution in [0.5, 0.6) is 0 Å². The zero-order valence-corrected chi connectivity index (χ0v) is 11.5. The van der Waals surface area contributed by atoms with E-state index in [4.69, 9.17) is 9.84 Å². The number of aliphatic carboxylic acids is 1. The Balaban J connectivity index is 2.43. The lowest BCUT2D eigenvalue weighted by molar-refractivity contribution is -0.144. The van der Waals surface area contributed by atoms with Gasteiger partial charge in [0.2, 0.25) is 0 Å². The maximum absolute atomic E-state index is 11.6. The number of carboxylic acid groups (broad SMARTS) is 1. The molecule has 0 spiro atoms. The molecule has 1 aliphatic carbocycles. The van der Waals surface area contributed by atoms with Crippen LogP contribution in [0, 0.1) is 11.8 Å². The molecule has 0 heterocycles. The number of carbonyl (C=O) groups is 2. The second kappa shape index (κ2) is 5.59. The van der Waals surface area contributed by atoms with Gasteiger partial charge in [0.15, 0.2) is 0 Å². The van der Waals surface area contributed by atoms with Crippen molar-refractivity contribution in [1.82, 2.24) is 5.32 Å². The van der Waals surface area contributed by atoms with Crippen LogP contribution in [-0.2, 0) is 9.53 Å². The highest BCUT2D eigenvalue weighted by atomic mass is 16.6. The number of ether oxygens (including phenoxy) is 1. The molecule has 1 saturated carbocycles. The minimum atomic E-state index is -0.738. The highest BCUT2D eigenvalue weighted by Gasteiger charge is 2.33. The normalized spacial score (nSPS) is 28.6. The summed E-state index contributed by atoms with van der Waals surface area (Å²) < 4.78 is 5.18. The average Bonchev–Trinajstić information content (AvgIpc) is 2.13. The zero-order chi connectivity index (χ0) is 13.9. The van der Waals surface area contributed by atoms with Crippen molar-refractivity contribution in [2.75, 3.05) is 0 Å². The fourth-order valence-electron chi connectivity index (χ4n) is 2.37. The first kappa shape index (κ1) is 14.8. The fourth-order valence-corrected chi connectivity index (χ4v) is 2.37. The van der Waals surface area contributed by atoms with Crippen LogP contribution in [-0.4, -0.2) is 28.8 Å². The van der Waals surface area contributed by atoms with Gasteiger partial charge in [-0.2, -0.15) is 0 Å². The SMILES string of the molecule is C[C@@H]1CC(NC(=O)OC(C)(C)C)CC[C@H]1C(=O)O. The molecule has 1 fully saturated rings. The molecule has 1 unspecified atom stereocenters. The molecule has 5 heteroatoms. The van der Waals surface area contributed by atoms with Gasteiger partial charge in [-0.3, -0.25) is 4.79 Å². The van der Waals surface area contributed by atoms with E-state index in [1.165, 1.54) is 0 Å². The predicted molar refractivity (Wildman–Crippen MR) is 67.3 cm³/mol. The Hall–Kier alpha value is -1.26. The molecule has 5 nitrogen and oxygen atoms in total. The largest absolute Gasteiger partial charge is 0.481 e. The van der Waals surface area contributed by atoms with Crippen LogP contribution in [0.1, 0.15) is 47.0 Å². The van der Waals surface area contributed by atoms with E-state index in [9.17, 15) is 9.59 Å². The number of hydrogen-bond donors (Lipinski definition) is 2. The lowest BCUT2D eigenvalue weighted by Gasteiger charge is -2.32. The maximum Gasteiger partial charge on any atom is 0.407 e. The number of nitrogens with one attached hydrogen (secondary N) is 1. The topological polar surface area (TPSA) is 75.6 Å². The first-order chi connectivity index (χ1) is 8.19. The van der Waals surface area contributed by atoms with Crippen LogP contribution < -0.4 is 5.32 Å². The smallest absolute Gasteiger partial charge is 0.407 e. The van der Waals surface area contributed by atoms with Gasteiger partial charge in [-0.25, -0.2) is 4.79 Å². The molecule has 0 radical (unpaired) electrons. The van der Waals surface area contributed by atoms with E-state index in [0.717, 1.165) is 0 Å². The Morgan fingerprint density at radius 2 is 1.89 bits per heavy atom. The number of rotatable bonds is 2. The first-order valence-corrected chi connectivity index (χ1v) is 6.41. The van der Waals surface area contributed by atoms with E-state index in [2.05, 4.69) is 5.32 Å². The highest BCUT2D eigenvalue weighted by molar-refractivity contribution is 5.71. The minimum Gasteiger partial charge on any atom is -0.481 e. The number of hydrogen-bond acceptors (Lipinski definition) is 3. The van der Waals surface area contributed by atoms with Crippen molar-refractivity contribution in [3.8, 4) is 0 Å². The Labute approximate surface area is 108 Å².